The molecule has 0 bridgehead atoms. The van der Waals surface area contributed by atoms with Crippen molar-refractivity contribution in [2.75, 3.05) is 12.0 Å². The van der Waals surface area contributed by atoms with Crippen LogP contribution in [0.5, 0.6) is 0 Å². The second-order valence-electron chi connectivity index (χ2n) is 5.27. The number of hydrogen-bond acceptors (Lipinski definition) is 4. The van der Waals surface area contributed by atoms with Crippen molar-refractivity contribution in [3.63, 3.8) is 0 Å². The fourth-order valence-electron chi connectivity index (χ4n) is 2.81. The molecule has 0 saturated heterocycles. The van der Waals surface area contributed by atoms with E-state index in [9.17, 15) is 4.39 Å². The van der Waals surface area contributed by atoms with Crippen LogP contribution in [0.25, 0.3) is 21.9 Å². The minimum absolute atomic E-state index is 0.220. The number of hydrogen-bond donors (Lipinski definition) is 1. The predicted molar refractivity (Wildman–Crippen MR) is 87.5 cm³/mol. The number of nitrogens with one attached hydrogen (secondary N) is 1. The van der Waals surface area contributed by atoms with Gasteiger partial charge in [-0.15, -0.1) is 0 Å². The molecule has 4 rings (SSSR count). The van der Waals surface area contributed by atoms with E-state index in [0.29, 0.717) is 5.82 Å². The highest BCUT2D eigenvalue weighted by Gasteiger charge is 2.11. The lowest BCUT2D eigenvalue weighted by molar-refractivity contribution is 0.429. The van der Waals surface area contributed by atoms with Gasteiger partial charge in [-0.3, -0.25) is 4.98 Å². The summed E-state index contributed by atoms with van der Waals surface area (Å²) >= 11 is 0. The van der Waals surface area contributed by atoms with Crippen molar-refractivity contribution >= 4 is 33.6 Å². The predicted octanol–water partition coefficient (Wildman–Crippen LogP) is 3.03. The lowest BCUT2D eigenvalue weighted by Crippen LogP contribution is -2.06. The Morgan fingerprint density at radius 2 is 2.04 bits per heavy atom. The summed E-state index contributed by atoms with van der Waals surface area (Å²) in [4.78, 5) is 8.87. The number of halogens is 1. The molecule has 7 heteroatoms. The van der Waals surface area contributed by atoms with Crippen molar-refractivity contribution in [1.29, 1.82) is 0 Å². The van der Waals surface area contributed by atoms with Gasteiger partial charge in [0.05, 0.1) is 18.3 Å². The van der Waals surface area contributed by atoms with Crippen molar-refractivity contribution < 1.29 is 4.39 Å². The van der Waals surface area contributed by atoms with Gasteiger partial charge in [-0.05, 0) is 18.2 Å². The summed E-state index contributed by atoms with van der Waals surface area (Å²) < 4.78 is 16.2. The molecule has 6 nitrogen and oxygen atoms in total. The molecule has 0 aliphatic heterocycles. The first kappa shape index (κ1) is 13.7. The van der Waals surface area contributed by atoms with Crippen LogP contribution < -0.4 is 5.32 Å². The SMILES string of the molecule is Cn1c2ccncc2c2ccc(Nc3ccnn3CCF)nc21. The zero-order valence-electron chi connectivity index (χ0n) is 12.6. The first-order valence-electron chi connectivity index (χ1n) is 7.32. The summed E-state index contributed by atoms with van der Waals surface area (Å²) in [6.45, 7) is -0.240. The Bertz CT molecular complexity index is 987. The van der Waals surface area contributed by atoms with Crippen molar-refractivity contribution in [1.82, 2.24) is 24.3 Å². The van der Waals surface area contributed by atoms with Crippen molar-refractivity contribution in [2.45, 2.75) is 6.54 Å². The summed E-state index contributed by atoms with van der Waals surface area (Å²) in [5.41, 5.74) is 1.96. The van der Waals surface area contributed by atoms with Crippen LogP contribution in [0.2, 0.25) is 0 Å². The minimum atomic E-state index is -0.459. The number of rotatable bonds is 4. The van der Waals surface area contributed by atoms with Gasteiger partial charge in [-0.2, -0.15) is 5.10 Å². The number of anilines is 2. The quantitative estimate of drug-likeness (QED) is 0.629. The Kier molecular flexibility index (Phi) is 3.18. The van der Waals surface area contributed by atoms with E-state index in [1.54, 1.807) is 23.1 Å². The van der Waals surface area contributed by atoms with Crippen LogP contribution in [-0.4, -0.2) is 31.0 Å². The zero-order valence-corrected chi connectivity index (χ0v) is 12.6. The van der Waals surface area contributed by atoms with Gasteiger partial charge in [-0.1, -0.05) is 0 Å². The first-order valence-corrected chi connectivity index (χ1v) is 7.32. The third kappa shape index (κ3) is 2.21. The second kappa shape index (κ2) is 5.35. The fourth-order valence-corrected chi connectivity index (χ4v) is 2.81. The van der Waals surface area contributed by atoms with Gasteiger partial charge < -0.3 is 9.88 Å². The average Bonchev–Trinajstić information content (AvgIpc) is 3.12. The molecule has 1 N–H and O–H groups in total. The summed E-state index contributed by atoms with van der Waals surface area (Å²) in [6.07, 6.45) is 5.26. The third-order valence-electron chi connectivity index (χ3n) is 3.91. The van der Waals surface area contributed by atoms with Crippen LogP contribution >= 0.6 is 0 Å². The summed E-state index contributed by atoms with van der Waals surface area (Å²) in [6, 6.07) is 7.69. The number of pyridine rings is 2. The van der Waals surface area contributed by atoms with Gasteiger partial charge >= 0.3 is 0 Å². The van der Waals surface area contributed by atoms with Gasteiger partial charge in [0.25, 0.3) is 0 Å². The molecular weight excluding hydrogens is 295 g/mol. The smallest absolute Gasteiger partial charge is 0.143 e. The van der Waals surface area contributed by atoms with Crippen LogP contribution in [0.15, 0.2) is 42.9 Å². The lowest BCUT2D eigenvalue weighted by Gasteiger charge is -2.08. The van der Waals surface area contributed by atoms with E-state index in [4.69, 9.17) is 0 Å². The molecule has 0 unspecified atom stereocenters. The van der Waals surface area contributed by atoms with E-state index < -0.39 is 6.67 Å². The molecule has 0 spiro atoms. The molecule has 0 fully saturated rings. The van der Waals surface area contributed by atoms with E-state index in [0.717, 1.165) is 27.8 Å². The normalized spacial score (nSPS) is 11.4. The molecular formula is C16H15FN6. The molecule has 116 valence electrons. The molecule has 0 aliphatic rings. The van der Waals surface area contributed by atoms with E-state index >= 15 is 0 Å². The highest BCUT2D eigenvalue weighted by Crippen LogP contribution is 2.27. The third-order valence-corrected chi connectivity index (χ3v) is 3.91. The van der Waals surface area contributed by atoms with Crippen molar-refractivity contribution in [3.05, 3.63) is 42.9 Å². The number of aromatic nitrogens is 5. The molecule has 4 aromatic rings. The number of aryl methyl sites for hydroxylation is 2. The zero-order chi connectivity index (χ0) is 15.8. The molecule has 0 aliphatic carbocycles. The molecule has 4 heterocycles. The first-order chi connectivity index (χ1) is 11.3. The Labute approximate surface area is 131 Å². The molecule has 23 heavy (non-hydrogen) atoms. The van der Waals surface area contributed by atoms with Crippen LogP contribution in [0.1, 0.15) is 0 Å². The molecule has 0 saturated carbocycles. The highest BCUT2D eigenvalue weighted by molar-refractivity contribution is 6.06. The van der Waals surface area contributed by atoms with E-state index in [2.05, 4.69) is 20.4 Å². The Morgan fingerprint density at radius 3 is 2.91 bits per heavy atom. The van der Waals surface area contributed by atoms with E-state index in [1.165, 1.54) is 0 Å². The average molecular weight is 310 g/mol. The lowest BCUT2D eigenvalue weighted by atomic mass is 10.2. The van der Waals surface area contributed by atoms with Gasteiger partial charge in [0, 0.05) is 36.3 Å². The largest absolute Gasteiger partial charge is 0.328 e. The number of alkyl halides is 1. The van der Waals surface area contributed by atoms with Gasteiger partial charge in [-0.25, -0.2) is 14.1 Å². The van der Waals surface area contributed by atoms with Crippen LogP contribution in [0, 0.1) is 0 Å². The molecule has 0 amide bonds. The summed E-state index contributed by atoms with van der Waals surface area (Å²) in [5, 5.41) is 9.41. The Morgan fingerprint density at radius 1 is 1.13 bits per heavy atom. The number of fused-ring (bicyclic) bond motifs is 3. The number of nitrogens with zero attached hydrogens (tertiary/aromatic N) is 5. The van der Waals surface area contributed by atoms with E-state index in [1.807, 2.05) is 36.0 Å². The summed E-state index contributed by atoms with van der Waals surface area (Å²) in [5.74, 6) is 1.41. The van der Waals surface area contributed by atoms with E-state index in [-0.39, 0.29) is 6.54 Å². The maximum atomic E-state index is 12.5. The van der Waals surface area contributed by atoms with Crippen molar-refractivity contribution in [2.24, 2.45) is 7.05 Å². The summed E-state index contributed by atoms with van der Waals surface area (Å²) in [7, 11) is 1.98. The minimum Gasteiger partial charge on any atom is -0.328 e. The molecule has 0 radical (unpaired) electrons. The monoisotopic (exact) mass is 310 g/mol. The standard InChI is InChI=1S/C16H15FN6/c1-22-13-4-7-18-10-12(13)11-2-3-14(21-16(11)22)20-15-5-8-19-23(15)9-6-17/h2-5,7-8,10H,6,9H2,1H3,(H,20,21). The molecule has 0 aromatic carbocycles. The topological polar surface area (TPSA) is 60.6 Å². The van der Waals surface area contributed by atoms with Crippen LogP contribution in [0.3, 0.4) is 0 Å². The van der Waals surface area contributed by atoms with Gasteiger partial charge in [0.15, 0.2) is 0 Å². The Balaban J connectivity index is 1.78. The molecule has 0 atom stereocenters. The van der Waals surface area contributed by atoms with Crippen molar-refractivity contribution in [3.8, 4) is 0 Å². The van der Waals surface area contributed by atoms with Crippen LogP contribution in [-0.2, 0) is 13.6 Å². The maximum absolute atomic E-state index is 12.5. The fraction of sp³-hybridized carbons (Fsp3) is 0.188. The van der Waals surface area contributed by atoms with Gasteiger partial charge in [0.1, 0.15) is 24.0 Å². The Hall–Kier alpha value is -2.96. The molecule has 4 aromatic heterocycles. The maximum Gasteiger partial charge on any atom is 0.143 e. The second-order valence-corrected chi connectivity index (χ2v) is 5.27. The van der Waals surface area contributed by atoms with Crippen LogP contribution in [0.4, 0.5) is 16.0 Å². The highest BCUT2D eigenvalue weighted by atomic mass is 19.1. The van der Waals surface area contributed by atoms with Gasteiger partial charge in [0.2, 0.25) is 0 Å².